The van der Waals surface area contributed by atoms with E-state index in [1.54, 1.807) is 29.2 Å². The van der Waals surface area contributed by atoms with Gasteiger partial charge in [-0.3, -0.25) is 9.59 Å². The average Bonchev–Trinajstić information content (AvgIpc) is 2.57. The van der Waals surface area contributed by atoms with Crippen molar-refractivity contribution in [3.05, 3.63) is 65.2 Å². The first-order chi connectivity index (χ1) is 11.1. The molecule has 0 aromatic heterocycles. The zero-order valence-electron chi connectivity index (χ0n) is 13.0. The zero-order chi connectivity index (χ0) is 16.7. The van der Waals surface area contributed by atoms with Gasteiger partial charge in [0.05, 0.1) is 10.6 Å². The summed E-state index contributed by atoms with van der Waals surface area (Å²) in [6, 6.07) is 16.3. The second-order valence-electron chi connectivity index (χ2n) is 4.96. The SMILES string of the molecule is CCN(C(=O)CCNC(=O)c1ccccc1Cl)c1ccccc1. The third-order valence-corrected chi connectivity index (χ3v) is 3.76. The van der Waals surface area contributed by atoms with Crippen LogP contribution in [0.25, 0.3) is 0 Å². The van der Waals surface area contributed by atoms with Gasteiger partial charge >= 0.3 is 0 Å². The zero-order valence-corrected chi connectivity index (χ0v) is 13.7. The summed E-state index contributed by atoms with van der Waals surface area (Å²) >= 11 is 5.98. The fourth-order valence-electron chi connectivity index (χ4n) is 2.27. The van der Waals surface area contributed by atoms with E-state index in [1.165, 1.54) is 0 Å². The molecule has 1 N–H and O–H groups in total. The Balaban J connectivity index is 1.89. The van der Waals surface area contributed by atoms with Crippen molar-refractivity contribution in [3.63, 3.8) is 0 Å². The van der Waals surface area contributed by atoms with Gasteiger partial charge in [0.25, 0.3) is 5.91 Å². The molecule has 0 saturated carbocycles. The first kappa shape index (κ1) is 17.0. The highest BCUT2D eigenvalue weighted by Crippen LogP contribution is 2.15. The Kier molecular flexibility index (Phi) is 6.18. The topological polar surface area (TPSA) is 49.4 Å². The molecule has 0 spiro atoms. The van der Waals surface area contributed by atoms with Crippen molar-refractivity contribution in [1.82, 2.24) is 5.32 Å². The van der Waals surface area contributed by atoms with Gasteiger partial charge in [-0.05, 0) is 31.2 Å². The molecule has 2 amide bonds. The molecule has 0 aliphatic carbocycles. The number of benzene rings is 2. The van der Waals surface area contributed by atoms with Crippen LogP contribution < -0.4 is 10.2 Å². The summed E-state index contributed by atoms with van der Waals surface area (Å²) in [5, 5.41) is 3.13. The monoisotopic (exact) mass is 330 g/mol. The van der Waals surface area contributed by atoms with Crippen LogP contribution in [-0.2, 0) is 4.79 Å². The minimum atomic E-state index is -0.272. The molecule has 2 aromatic rings. The van der Waals surface area contributed by atoms with E-state index in [-0.39, 0.29) is 24.8 Å². The number of rotatable bonds is 6. The van der Waals surface area contributed by atoms with Crippen LogP contribution in [-0.4, -0.2) is 24.9 Å². The molecule has 0 saturated heterocycles. The molecule has 0 fully saturated rings. The van der Waals surface area contributed by atoms with Gasteiger partial charge in [0.2, 0.25) is 5.91 Å². The van der Waals surface area contributed by atoms with Gasteiger partial charge in [-0.25, -0.2) is 0 Å². The number of para-hydroxylation sites is 1. The number of hydrogen-bond donors (Lipinski definition) is 1. The first-order valence-corrected chi connectivity index (χ1v) is 7.89. The molecule has 2 rings (SSSR count). The molecule has 23 heavy (non-hydrogen) atoms. The Bertz CT molecular complexity index is 674. The van der Waals surface area contributed by atoms with Crippen molar-refractivity contribution >= 4 is 29.1 Å². The minimum Gasteiger partial charge on any atom is -0.351 e. The standard InChI is InChI=1S/C18H19ClN2O2/c1-2-21(14-8-4-3-5-9-14)17(22)12-13-20-18(23)15-10-6-7-11-16(15)19/h3-11H,2,12-13H2,1H3,(H,20,23). The third kappa shape index (κ3) is 4.57. The number of anilines is 1. The third-order valence-electron chi connectivity index (χ3n) is 3.43. The van der Waals surface area contributed by atoms with Gasteiger partial charge in [0, 0.05) is 25.2 Å². The molecule has 0 aliphatic rings. The van der Waals surface area contributed by atoms with Gasteiger partial charge in [0.1, 0.15) is 0 Å². The van der Waals surface area contributed by atoms with Crippen molar-refractivity contribution in [2.24, 2.45) is 0 Å². The number of nitrogens with zero attached hydrogens (tertiary/aromatic N) is 1. The van der Waals surface area contributed by atoms with Gasteiger partial charge in [-0.2, -0.15) is 0 Å². The predicted molar refractivity (Wildman–Crippen MR) is 92.9 cm³/mol. The molecule has 0 aliphatic heterocycles. The largest absolute Gasteiger partial charge is 0.351 e. The maximum absolute atomic E-state index is 12.3. The van der Waals surface area contributed by atoms with Crippen LogP contribution >= 0.6 is 11.6 Å². The van der Waals surface area contributed by atoms with E-state index >= 15 is 0 Å². The highest BCUT2D eigenvalue weighted by Gasteiger charge is 2.14. The van der Waals surface area contributed by atoms with Gasteiger partial charge in [-0.15, -0.1) is 0 Å². The first-order valence-electron chi connectivity index (χ1n) is 7.51. The number of hydrogen-bond acceptors (Lipinski definition) is 2. The lowest BCUT2D eigenvalue weighted by Gasteiger charge is -2.21. The van der Waals surface area contributed by atoms with E-state index in [4.69, 9.17) is 11.6 Å². The summed E-state index contributed by atoms with van der Waals surface area (Å²) in [6.45, 7) is 2.78. The maximum atomic E-state index is 12.3. The molecule has 5 heteroatoms. The lowest BCUT2D eigenvalue weighted by Crippen LogP contribution is -2.34. The molecular formula is C18H19ClN2O2. The molecule has 4 nitrogen and oxygen atoms in total. The van der Waals surface area contributed by atoms with E-state index in [2.05, 4.69) is 5.32 Å². The molecule has 0 heterocycles. The molecule has 0 bridgehead atoms. The van der Waals surface area contributed by atoms with Crippen molar-refractivity contribution < 1.29 is 9.59 Å². The van der Waals surface area contributed by atoms with Crippen molar-refractivity contribution in [3.8, 4) is 0 Å². The van der Waals surface area contributed by atoms with E-state index in [1.807, 2.05) is 37.3 Å². The van der Waals surface area contributed by atoms with Gasteiger partial charge < -0.3 is 10.2 Å². The average molecular weight is 331 g/mol. The molecule has 0 radical (unpaired) electrons. The van der Waals surface area contributed by atoms with Crippen molar-refractivity contribution in [2.75, 3.05) is 18.0 Å². The molecule has 120 valence electrons. The Labute approximate surface area is 141 Å². The highest BCUT2D eigenvalue weighted by molar-refractivity contribution is 6.33. The Hall–Kier alpha value is -2.33. The predicted octanol–water partition coefficient (Wildman–Crippen LogP) is 3.51. The van der Waals surface area contributed by atoms with Crippen LogP contribution in [0.3, 0.4) is 0 Å². The number of amides is 2. The van der Waals surface area contributed by atoms with E-state index in [0.717, 1.165) is 5.69 Å². The maximum Gasteiger partial charge on any atom is 0.252 e. The Morgan fingerprint density at radius 1 is 1.04 bits per heavy atom. The lowest BCUT2D eigenvalue weighted by atomic mass is 10.2. The van der Waals surface area contributed by atoms with Gasteiger partial charge in [-0.1, -0.05) is 41.9 Å². The Morgan fingerprint density at radius 2 is 1.70 bits per heavy atom. The summed E-state index contributed by atoms with van der Waals surface area (Å²) in [4.78, 5) is 26.0. The second kappa shape index (κ2) is 8.34. The summed E-state index contributed by atoms with van der Waals surface area (Å²) < 4.78 is 0. The molecule has 2 aromatic carbocycles. The fraction of sp³-hybridized carbons (Fsp3) is 0.222. The summed E-state index contributed by atoms with van der Waals surface area (Å²) in [5.41, 5.74) is 1.27. The highest BCUT2D eigenvalue weighted by atomic mass is 35.5. The molecular weight excluding hydrogens is 312 g/mol. The quantitative estimate of drug-likeness (QED) is 0.881. The fourth-order valence-corrected chi connectivity index (χ4v) is 2.49. The second-order valence-corrected chi connectivity index (χ2v) is 5.37. The smallest absolute Gasteiger partial charge is 0.252 e. The van der Waals surface area contributed by atoms with Crippen molar-refractivity contribution in [1.29, 1.82) is 0 Å². The Morgan fingerprint density at radius 3 is 2.35 bits per heavy atom. The number of nitrogens with one attached hydrogen (secondary N) is 1. The summed E-state index contributed by atoms with van der Waals surface area (Å²) in [7, 11) is 0. The number of carbonyl (C=O) groups is 2. The van der Waals surface area contributed by atoms with Crippen molar-refractivity contribution in [2.45, 2.75) is 13.3 Å². The van der Waals surface area contributed by atoms with Crippen LogP contribution in [0, 0.1) is 0 Å². The van der Waals surface area contributed by atoms with Crippen LogP contribution in [0.1, 0.15) is 23.7 Å². The molecule has 0 atom stereocenters. The molecule has 0 unspecified atom stereocenters. The number of carbonyl (C=O) groups excluding carboxylic acids is 2. The van der Waals surface area contributed by atoms with E-state index in [0.29, 0.717) is 17.1 Å². The number of halogens is 1. The van der Waals surface area contributed by atoms with Crippen LogP contribution in [0.2, 0.25) is 5.02 Å². The lowest BCUT2D eigenvalue weighted by molar-refractivity contribution is -0.118. The summed E-state index contributed by atoms with van der Waals surface area (Å²) in [5.74, 6) is -0.302. The van der Waals surface area contributed by atoms with Crippen LogP contribution in [0.4, 0.5) is 5.69 Å². The van der Waals surface area contributed by atoms with E-state index in [9.17, 15) is 9.59 Å². The van der Waals surface area contributed by atoms with E-state index < -0.39 is 0 Å². The minimum absolute atomic E-state index is 0.0295. The van der Waals surface area contributed by atoms with Gasteiger partial charge in [0.15, 0.2) is 0 Å². The van der Waals surface area contributed by atoms with Crippen LogP contribution in [0.15, 0.2) is 54.6 Å². The summed E-state index contributed by atoms with van der Waals surface area (Å²) in [6.07, 6.45) is 0.235. The normalized spacial score (nSPS) is 10.2. The van der Waals surface area contributed by atoms with Crippen LogP contribution in [0.5, 0.6) is 0 Å².